The molecule has 21 heavy (non-hydrogen) atoms. The summed E-state index contributed by atoms with van der Waals surface area (Å²) in [5.74, 6) is -0.273. The number of rotatable bonds is 2. The summed E-state index contributed by atoms with van der Waals surface area (Å²) in [6, 6.07) is 9.15. The average Bonchev–Trinajstić information content (AvgIpc) is 2.83. The van der Waals surface area contributed by atoms with Gasteiger partial charge >= 0.3 is 6.36 Å². The summed E-state index contributed by atoms with van der Waals surface area (Å²) in [5.41, 5.74) is 0.547. The second kappa shape index (κ2) is 4.92. The Hall–Kier alpha value is -2.28. The van der Waals surface area contributed by atoms with E-state index in [1.807, 2.05) is 6.07 Å². The number of H-pyrrole nitrogens is 1. The van der Waals surface area contributed by atoms with Gasteiger partial charge in [0.05, 0.1) is 0 Å². The first-order valence-corrected chi connectivity index (χ1v) is 6.71. The lowest BCUT2D eigenvalue weighted by molar-refractivity contribution is -0.274. The molecule has 0 radical (unpaired) electrons. The van der Waals surface area contributed by atoms with Gasteiger partial charge in [-0.25, -0.2) is 0 Å². The van der Waals surface area contributed by atoms with E-state index in [9.17, 15) is 18.0 Å². The molecule has 0 spiro atoms. The van der Waals surface area contributed by atoms with Gasteiger partial charge in [-0.05, 0) is 42.0 Å². The van der Waals surface area contributed by atoms with Crippen molar-refractivity contribution in [2.24, 2.45) is 0 Å². The molecule has 1 N–H and O–H groups in total. The van der Waals surface area contributed by atoms with Gasteiger partial charge in [-0.1, -0.05) is 0 Å². The van der Waals surface area contributed by atoms with Crippen molar-refractivity contribution in [1.82, 2.24) is 4.98 Å². The Labute approximate surface area is 120 Å². The zero-order chi connectivity index (χ0) is 15.0. The van der Waals surface area contributed by atoms with E-state index in [0.29, 0.717) is 4.70 Å². The van der Waals surface area contributed by atoms with E-state index in [-0.39, 0.29) is 11.3 Å². The van der Waals surface area contributed by atoms with E-state index < -0.39 is 6.36 Å². The lowest BCUT2D eigenvalue weighted by Crippen LogP contribution is -2.16. The minimum Gasteiger partial charge on any atom is -0.406 e. The third-order valence-electron chi connectivity index (χ3n) is 2.82. The van der Waals surface area contributed by atoms with Crippen molar-refractivity contribution in [3.8, 4) is 16.2 Å². The van der Waals surface area contributed by atoms with Gasteiger partial charge in [0.25, 0.3) is 5.56 Å². The molecule has 7 heteroatoms. The summed E-state index contributed by atoms with van der Waals surface area (Å²) in [4.78, 5) is 15.0. The van der Waals surface area contributed by atoms with Crippen LogP contribution in [0.1, 0.15) is 0 Å². The largest absolute Gasteiger partial charge is 0.573 e. The third-order valence-corrected chi connectivity index (χ3v) is 4.02. The molecule has 1 aromatic carbocycles. The molecule has 3 rings (SSSR count). The molecular formula is C14H8F3NO2S. The van der Waals surface area contributed by atoms with Crippen LogP contribution in [0.5, 0.6) is 5.75 Å². The van der Waals surface area contributed by atoms with Gasteiger partial charge in [-0.3, -0.25) is 4.79 Å². The van der Waals surface area contributed by atoms with E-state index in [4.69, 9.17) is 0 Å². The number of hydrogen-bond acceptors (Lipinski definition) is 3. The maximum atomic E-state index is 12.1. The fourth-order valence-corrected chi connectivity index (χ4v) is 3.00. The van der Waals surface area contributed by atoms with Crippen LogP contribution in [0.25, 0.3) is 20.5 Å². The first-order valence-electron chi connectivity index (χ1n) is 5.90. The number of aromatic nitrogens is 1. The van der Waals surface area contributed by atoms with Crippen LogP contribution < -0.4 is 10.3 Å². The number of ether oxygens (including phenoxy) is 1. The van der Waals surface area contributed by atoms with Crippen LogP contribution in [-0.4, -0.2) is 11.3 Å². The topological polar surface area (TPSA) is 42.1 Å². The predicted octanol–water partition coefficient (Wildman–Crippen LogP) is 4.16. The number of alkyl halides is 3. The van der Waals surface area contributed by atoms with Crippen molar-refractivity contribution < 1.29 is 17.9 Å². The van der Waals surface area contributed by atoms with Crippen LogP contribution in [0, 0.1) is 0 Å². The van der Waals surface area contributed by atoms with E-state index in [2.05, 4.69) is 9.72 Å². The molecular weight excluding hydrogens is 303 g/mol. The van der Waals surface area contributed by atoms with Gasteiger partial charge < -0.3 is 9.72 Å². The van der Waals surface area contributed by atoms with E-state index in [1.165, 1.54) is 35.6 Å². The average molecular weight is 311 g/mol. The van der Waals surface area contributed by atoms with Crippen molar-refractivity contribution >= 4 is 21.4 Å². The van der Waals surface area contributed by atoms with Crippen molar-refractivity contribution in [3.63, 3.8) is 0 Å². The highest BCUT2D eigenvalue weighted by Crippen LogP contribution is 2.33. The molecule has 0 aliphatic heterocycles. The van der Waals surface area contributed by atoms with Crippen LogP contribution in [0.3, 0.4) is 0 Å². The Morgan fingerprint density at radius 3 is 2.43 bits per heavy atom. The zero-order valence-electron chi connectivity index (χ0n) is 10.4. The molecule has 0 atom stereocenters. The zero-order valence-corrected chi connectivity index (χ0v) is 11.2. The maximum absolute atomic E-state index is 12.1. The number of benzene rings is 1. The van der Waals surface area contributed by atoms with Crippen molar-refractivity contribution in [2.75, 3.05) is 0 Å². The molecule has 0 unspecified atom stereocenters. The van der Waals surface area contributed by atoms with E-state index in [1.54, 1.807) is 12.3 Å². The van der Waals surface area contributed by atoms with Gasteiger partial charge in [0.2, 0.25) is 0 Å². The highest BCUT2D eigenvalue weighted by Gasteiger charge is 2.30. The SMILES string of the molecule is O=c1[nH]ccc2cc(-c3ccc(OC(F)(F)F)cc3)sc12. The number of pyridine rings is 1. The molecule has 108 valence electrons. The summed E-state index contributed by atoms with van der Waals surface area (Å²) in [5, 5.41) is 0.800. The standard InChI is InChI=1S/C14H8F3NO2S/c15-14(16,17)20-10-3-1-8(2-4-10)11-7-9-5-6-18-13(19)12(9)21-11/h1-7H,(H,18,19). The van der Waals surface area contributed by atoms with Crippen LogP contribution in [0.2, 0.25) is 0 Å². The summed E-state index contributed by atoms with van der Waals surface area (Å²) >= 11 is 1.29. The van der Waals surface area contributed by atoms with E-state index >= 15 is 0 Å². The summed E-state index contributed by atoms with van der Waals surface area (Å²) < 4.78 is 40.7. The second-order valence-electron chi connectivity index (χ2n) is 4.27. The minimum absolute atomic E-state index is 0.180. The Morgan fingerprint density at radius 1 is 1.10 bits per heavy atom. The highest BCUT2D eigenvalue weighted by atomic mass is 32.1. The van der Waals surface area contributed by atoms with Gasteiger partial charge in [0, 0.05) is 16.5 Å². The van der Waals surface area contributed by atoms with E-state index in [0.717, 1.165) is 15.8 Å². The fourth-order valence-electron chi connectivity index (χ4n) is 1.94. The molecule has 0 aliphatic carbocycles. The number of nitrogens with one attached hydrogen (secondary N) is 1. The lowest BCUT2D eigenvalue weighted by atomic mass is 10.1. The number of aromatic amines is 1. The van der Waals surface area contributed by atoms with Crippen LogP contribution in [-0.2, 0) is 0 Å². The Bertz CT molecular complexity index is 834. The van der Waals surface area contributed by atoms with Gasteiger partial charge in [0.1, 0.15) is 10.4 Å². The second-order valence-corrected chi connectivity index (χ2v) is 5.33. The Balaban J connectivity index is 1.96. The minimum atomic E-state index is -4.70. The normalized spacial score (nSPS) is 11.8. The molecule has 2 aromatic heterocycles. The molecule has 2 heterocycles. The molecule has 3 nitrogen and oxygen atoms in total. The fraction of sp³-hybridized carbons (Fsp3) is 0.0714. The summed E-state index contributed by atoms with van der Waals surface area (Å²) in [6.07, 6.45) is -3.14. The monoisotopic (exact) mass is 311 g/mol. The molecule has 0 saturated heterocycles. The molecule has 0 fully saturated rings. The number of fused-ring (bicyclic) bond motifs is 1. The summed E-state index contributed by atoms with van der Waals surface area (Å²) in [6.45, 7) is 0. The van der Waals surface area contributed by atoms with Gasteiger partial charge in [-0.15, -0.1) is 24.5 Å². The van der Waals surface area contributed by atoms with Crippen molar-refractivity contribution in [3.05, 3.63) is 52.9 Å². The van der Waals surface area contributed by atoms with Gasteiger partial charge in [0.15, 0.2) is 0 Å². The van der Waals surface area contributed by atoms with Gasteiger partial charge in [-0.2, -0.15) is 0 Å². The van der Waals surface area contributed by atoms with Crippen LogP contribution >= 0.6 is 11.3 Å². The molecule has 0 bridgehead atoms. The molecule has 0 amide bonds. The first-order chi connectivity index (χ1) is 9.92. The van der Waals surface area contributed by atoms with Crippen molar-refractivity contribution in [1.29, 1.82) is 0 Å². The Morgan fingerprint density at radius 2 is 1.81 bits per heavy atom. The quantitative estimate of drug-likeness (QED) is 0.772. The van der Waals surface area contributed by atoms with Crippen molar-refractivity contribution in [2.45, 2.75) is 6.36 Å². The lowest BCUT2D eigenvalue weighted by Gasteiger charge is -2.08. The maximum Gasteiger partial charge on any atom is 0.573 e. The number of hydrogen-bond donors (Lipinski definition) is 1. The number of thiophene rings is 1. The molecule has 3 aromatic rings. The highest BCUT2D eigenvalue weighted by molar-refractivity contribution is 7.22. The number of halogens is 3. The Kier molecular flexibility index (Phi) is 3.21. The van der Waals surface area contributed by atoms with Crippen LogP contribution in [0.4, 0.5) is 13.2 Å². The predicted molar refractivity (Wildman–Crippen MR) is 74.6 cm³/mol. The third kappa shape index (κ3) is 2.92. The first kappa shape index (κ1) is 13.7. The molecule has 0 aliphatic rings. The van der Waals surface area contributed by atoms with Crippen LogP contribution in [0.15, 0.2) is 47.4 Å². The molecule has 0 saturated carbocycles. The summed E-state index contributed by atoms with van der Waals surface area (Å²) in [7, 11) is 0. The smallest absolute Gasteiger partial charge is 0.406 e.